The van der Waals surface area contributed by atoms with Crippen LogP contribution in [0.2, 0.25) is 0 Å². The first kappa shape index (κ1) is 11.1. The van der Waals surface area contributed by atoms with Crippen LogP contribution in [0.4, 0.5) is 17.1 Å². The Morgan fingerprint density at radius 3 is 2.18 bits per heavy atom. The summed E-state index contributed by atoms with van der Waals surface area (Å²) in [5, 5.41) is 12.9. The van der Waals surface area contributed by atoms with Crippen molar-refractivity contribution in [3.05, 3.63) is 36.4 Å². The number of aromatic hydroxyl groups is 1. The van der Waals surface area contributed by atoms with Gasteiger partial charge in [0.05, 0.1) is 0 Å². The van der Waals surface area contributed by atoms with Gasteiger partial charge in [0.2, 0.25) is 0 Å². The minimum atomic E-state index is 0.182. The minimum absolute atomic E-state index is 0.182. The molecule has 0 saturated heterocycles. The molecule has 0 atom stereocenters. The van der Waals surface area contributed by atoms with Gasteiger partial charge in [-0.3, -0.25) is 0 Å². The summed E-state index contributed by atoms with van der Waals surface area (Å²) < 4.78 is 0. The Morgan fingerprint density at radius 2 is 1.53 bits per heavy atom. The Morgan fingerprint density at radius 1 is 0.941 bits per heavy atom. The van der Waals surface area contributed by atoms with Gasteiger partial charge < -0.3 is 21.9 Å². The fourth-order valence-corrected chi connectivity index (χ4v) is 1.77. The van der Waals surface area contributed by atoms with E-state index in [2.05, 4.69) is 5.32 Å². The molecular formula is C13H15N3O. The van der Waals surface area contributed by atoms with Crippen molar-refractivity contribution >= 4 is 17.1 Å². The van der Waals surface area contributed by atoms with Crippen molar-refractivity contribution in [2.75, 3.05) is 23.8 Å². The van der Waals surface area contributed by atoms with E-state index in [9.17, 15) is 5.11 Å². The third-order valence-electron chi connectivity index (χ3n) is 2.62. The molecule has 2 aromatic carbocycles. The van der Waals surface area contributed by atoms with E-state index in [4.69, 9.17) is 11.5 Å². The highest BCUT2D eigenvalue weighted by atomic mass is 16.3. The first-order valence-corrected chi connectivity index (χ1v) is 5.28. The number of nitrogen functional groups attached to an aromatic ring is 2. The Kier molecular flexibility index (Phi) is 2.78. The number of phenolic OH excluding ortho intramolecular Hbond substituents is 1. The zero-order valence-electron chi connectivity index (χ0n) is 9.57. The average Bonchev–Trinajstić information content (AvgIpc) is 2.32. The van der Waals surface area contributed by atoms with Crippen LogP contribution >= 0.6 is 0 Å². The number of phenols is 1. The van der Waals surface area contributed by atoms with Crippen molar-refractivity contribution in [3.63, 3.8) is 0 Å². The van der Waals surface area contributed by atoms with Gasteiger partial charge in [0.15, 0.2) is 0 Å². The number of nitrogens with two attached hydrogens (primary N) is 2. The highest BCUT2D eigenvalue weighted by molar-refractivity contribution is 5.85. The fraction of sp³-hybridized carbons (Fsp3) is 0.0769. The molecule has 0 radical (unpaired) electrons. The lowest BCUT2D eigenvalue weighted by Gasteiger charge is -2.12. The van der Waals surface area contributed by atoms with E-state index in [1.54, 1.807) is 30.3 Å². The van der Waals surface area contributed by atoms with Gasteiger partial charge in [-0.25, -0.2) is 0 Å². The summed E-state index contributed by atoms with van der Waals surface area (Å²) in [4.78, 5) is 0. The number of hydrogen-bond donors (Lipinski definition) is 4. The lowest BCUT2D eigenvalue weighted by molar-refractivity contribution is 0.477. The zero-order chi connectivity index (χ0) is 12.4. The molecule has 0 amide bonds. The van der Waals surface area contributed by atoms with Gasteiger partial charge in [0.1, 0.15) is 5.75 Å². The van der Waals surface area contributed by atoms with Crippen LogP contribution in [0.25, 0.3) is 11.1 Å². The van der Waals surface area contributed by atoms with Crippen molar-refractivity contribution < 1.29 is 5.11 Å². The molecule has 0 aliphatic heterocycles. The second kappa shape index (κ2) is 4.25. The summed E-state index contributed by atoms with van der Waals surface area (Å²) in [6.07, 6.45) is 0. The predicted octanol–water partition coefficient (Wildman–Crippen LogP) is 2.27. The Balaban J connectivity index is 2.66. The normalized spacial score (nSPS) is 10.2. The van der Waals surface area contributed by atoms with Gasteiger partial charge >= 0.3 is 0 Å². The lowest BCUT2D eigenvalue weighted by Crippen LogP contribution is -1.95. The largest absolute Gasteiger partial charge is 0.507 e. The summed E-state index contributed by atoms with van der Waals surface area (Å²) >= 11 is 0. The van der Waals surface area contributed by atoms with E-state index in [0.717, 1.165) is 11.3 Å². The molecule has 17 heavy (non-hydrogen) atoms. The number of benzene rings is 2. The molecule has 88 valence electrons. The highest BCUT2D eigenvalue weighted by Gasteiger charge is 2.09. The molecule has 0 aliphatic carbocycles. The number of nitrogens with one attached hydrogen (secondary N) is 1. The van der Waals surface area contributed by atoms with Crippen LogP contribution in [-0.2, 0) is 0 Å². The first-order valence-electron chi connectivity index (χ1n) is 5.28. The van der Waals surface area contributed by atoms with Gasteiger partial charge in [-0.15, -0.1) is 0 Å². The van der Waals surface area contributed by atoms with Gasteiger partial charge in [-0.2, -0.15) is 0 Å². The van der Waals surface area contributed by atoms with Crippen LogP contribution in [0.1, 0.15) is 0 Å². The van der Waals surface area contributed by atoms with Crippen LogP contribution in [0.15, 0.2) is 36.4 Å². The molecule has 0 bridgehead atoms. The monoisotopic (exact) mass is 229 g/mol. The Bertz CT molecular complexity index is 552. The maximum absolute atomic E-state index is 9.88. The molecule has 4 heteroatoms. The molecule has 0 fully saturated rings. The molecule has 0 saturated carbocycles. The molecule has 0 aromatic heterocycles. The van der Waals surface area contributed by atoms with Gasteiger partial charge in [-0.1, -0.05) is 0 Å². The Labute approximate surface area is 99.9 Å². The molecule has 4 nitrogen and oxygen atoms in total. The van der Waals surface area contributed by atoms with Crippen molar-refractivity contribution in [2.45, 2.75) is 0 Å². The van der Waals surface area contributed by atoms with Crippen molar-refractivity contribution in [3.8, 4) is 16.9 Å². The maximum Gasteiger partial charge on any atom is 0.123 e. The summed E-state index contributed by atoms with van der Waals surface area (Å²) in [6, 6.07) is 10.4. The third-order valence-corrected chi connectivity index (χ3v) is 2.62. The molecule has 0 heterocycles. The molecule has 0 unspecified atom stereocenters. The van der Waals surface area contributed by atoms with Crippen LogP contribution in [0.5, 0.6) is 5.75 Å². The van der Waals surface area contributed by atoms with Crippen molar-refractivity contribution in [1.29, 1.82) is 0 Å². The van der Waals surface area contributed by atoms with Crippen molar-refractivity contribution in [1.82, 2.24) is 0 Å². The SMILES string of the molecule is CNc1ccc(N)cc1-c1cc(N)ccc1O. The predicted molar refractivity (Wildman–Crippen MR) is 71.9 cm³/mol. The summed E-state index contributed by atoms with van der Waals surface area (Å²) in [5.41, 5.74) is 15.1. The number of anilines is 3. The maximum atomic E-state index is 9.88. The van der Waals surface area contributed by atoms with Crippen LogP contribution in [0.3, 0.4) is 0 Å². The summed E-state index contributed by atoms with van der Waals surface area (Å²) in [5.74, 6) is 0.182. The summed E-state index contributed by atoms with van der Waals surface area (Å²) in [7, 11) is 1.82. The smallest absolute Gasteiger partial charge is 0.123 e. The molecular weight excluding hydrogens is 214 g/mol. The van der Waals surface area contributed by atoms with E-state index in [1.807, 2.05) is 13.1 Å². The van der Waals surface area contributed by atoms with Gasteiger partial charge in [-0.05, 0) is 36.4 Å². The van der Waals surface area contributed by atoms with E-state index >= 15 is 0 Å². The van der Waals surface area contributed by atoms with E-state index in [1.165, 1.54) is 0 Å². The molecule has 2 rings (SSSR count). The van der Waals surface area contributed by atoms with Gasteiger partial charge in [0.25, 0.3) is 0 Å². The lowest BCUT2D eigenvalue weighted by atomic mass is 10.0. The second-order valence-electron chi connectivity index (χ2n) is 3.83. The molecule has 0 spiro atoms. The van der Waals surface area contributed by atoms with Crippen LogP contribution in [0, 0.1) is 0 Å². The highest BCUT2D eigenvalue weighted by Crippen LogP contribution is 2.36. The standard InChI is InChI=1S/C13H15N3O/c1-16-12-4-2-8(14)6-10(12)11-7-9(15)3-5-13(11)17/h2-7,16-17H,14-15H2,1H3. The first-order chi connectivity index (χ1) is 8.11. The van der Waals surface area contributed by atoms with Crippen LogP contribution in [-0.4, -0.2) is 12.2 Å². The van der Waals surface area contributed by atoms with E-state index in [-0.39, 0.29) is 5.75 Å². The average molecular weight is 229 g/mol. The second-order valence-corrected chi connectivity index (χ2v) is 3.83. The van der Waals surface area contributed by atoms with E-state index < -0.39 is 0 Å². The quantitative estimate of drug-likeness (QED) is 0.470. The summed E-state index contributed by atoms with van der Waals surface area (Å²) in [6.45, 7) is 0. The van der Waals surface area contributed by atoms with Gasteiger partial charge in [0, 0.05) is 35.2 Å². The van der Waals surface area contributed by atoms with Crippen molar-refractivity contribution in [2.24, 2.45) is 0 Å². The number of rotatable bonds is 2. The zero-order valence-corrected chi connectivity index (χ0v) is 9.57. The third kappa shape index (κ3) is 2.10. The minimum Gasteiger partial charge on any atom is -0.507 e. The molecule has 0 aliphatic rings. The van der Waals surface area contributed by atoms with Crippen LogP contribution < -0.4 is 16.8 Å². The molecule has 2 aromatic rings. The number of hydrogen-bond acceptors (Lipinski definition) is 4. The fourth-order valence-electron chi connectivity index (χ4n) is 1.77. The Hall–Kier alpha value is -2.36. The molecule has 6 N–H and O–H groups in total. The van der Waals surface area contributed by atoms with E-state index in [0.29, 0.717) is 16.9 Å². The topological polar surface area (TPSA) is 84.3 Å².